The molecule has 3 aliphatic rings. The highest BCUT2D eigenvalue weighted by molar-refractivity contribution is 5.99. The molecule has 4 rings (SSSR count). The molecule has 0 radical (unpaired) electrons. The predicted molar refractivity (Wildman–Crippen MR) is 173 cm³/mol. The highest BCUT2D eigenvalue weighted by Crippen LogP contribution is 2.47. The minimum absolute atomic E-state index is 0.0880. The molecule has 0 aromatic heterocycles. The summed E-state index contributed by atoms with van der Waals surface area (Å²) >= 11 is 0. The molecule has 1 aromatic rings. The van der Waals surface area contributed by atoms with Gasteiger partial charge in [0.2, 0.25) is 5.91 Å². The van der Waals surface area contributed by atoms with E-state index in [1.54, 1.807) is 19.9 Å². The smallest absolute Gasteiger partial charge is 0.416 e. The van der Waals surface area contributed by atoms with E-state index >= 15 is 0 Å². The van der Waals surface area contributed by atoms with Gasteiger partial charge in [0, 0.05) is 39.2 Å². The number of alkyl halides is 6. The molecule has 2 aliphatic heterocycles. The zero-order chi connectivity index (χ0) is 36.7. The fourth-order valence-electron chi connectivity index (χ4n) is 7.09. The number of allylic oxidation sites excluding steroid dienone is 4. The molecule has 0 bridgehead atoms. The van der Waals surface area contributed by atoms with Crippen molar-refractivity contribution in [1.29, 1.82) is 0 Å². The Labute approximate surface area is 282 Å². The van der Waals surface area contributed by atoms with Crippen LogP contribution in [0.15, 0.2) is 52.2 Å². The van der Waals surface area contributed by atoms with E-state index in [4.69, 9.17) is 9.73 Å². The molecule has 1 fully saturated rings. The van der Waals surface area contributed by atoms with Gasteiger partial charge in [-0.25, -0.2) is 4.39 Å². The van der Waals surface area contributed by atoms with E-state index in [0.29, 0.717) is 67.4 Å². The second-order valence-electron chi connectivity index (χ2n) is 14.4. The van der Waals surface area contributed by atoms with Gasteiger partial charge in [-0.2, -0.15) is 26.3 Å². The van der Waals surface area contributed by atoms with Crippen molar-refractivity contribution in [3.63, 3.8) is 0 Å². The molecule has 6 nitrogen and oxygen atoms in total. The summed E-state index contributed by atoms with van der Waals surface area (Å²) in [6, 6.07) is 4.23. The van der Waals surface area contributed by atoms with Crippen LogP contribution in [0.5, 0.6) is 0 Å². The number of ether oxygens (including phenoxy) is 1. The van der Waals surface area contributed by atoms with Gasteiger partial charge in [-0.1, -0.05) is 37.6 Å². The van der Waals surface area contributed by atoms with E-state index < -0.39 is 47.4 Å². The van der Waals surface area contributed by atoms with Crippen LogP contribution in [0.4, 0.5) is 30.7 Å². The molecule has 49 heavy (non-hydrogen) atoms. The minimum atomic E-state index is -5.04. The largest absolute Gasteiger partial charge is 0.466 e. The lowest BCUT2D eigenvalue weighted by molar-refractivity contribution is -0.163. The van der Waals surface area contributed by atoms with Crippen molar-refractivity contribution in [3.8, 4) is 0 Å². The summed E-state index contributed by atoms with van der Waals surface area (Å²) in [5, 5.41) is 0. The Morgan fingerprint density at radius 2 is 1.78 bits per heavy atom. The number of halogens is 7. The van der Waals surface area contributed by atoms with Crippen LogP contribution >= 0.6 is 0 Å². The molecule has 0 saturated carbocycles. The first kappa shape index (κ1) is 38.3. The van der Waals surface area contributed by atoms with E-state index in [9.17, 15) is 40.3 Å². The van der Waals surface area contributed by atoms with Gasteiger partial charge in [-0.3, -0.25) is 19.5 Å². The summed E-state index contributed by atoms with van der Waals surface area (Å²) in [5.41, 5.74) is -1.59. The van der Waals surface area contributed by atoms with Crippen molar-refractivity contribution in [2.24, 2.45) is 27.7 Å². The van der Waals surface area contributed by atoms with Crippen molar-refractivity contribution in [1.82, 2.24) is 9.80 Å². The Morgan fingerprint density at radius 3 is 2.35 bits per heavy atom. The van der Waals surface area contributed by atoms with Gasteiger partial charge in [-0.05, 0) is 80.7 Å². The first-order valence-corrected chi connectivity index (χ1v) is 16.3. The van der Waals surface area contributed by atoms with Crippen LogP contribution in [-0.4, -0.2) is 73.2 Å². The number of rotatable bonds is 8. The van der Waals surface area contributed by atoms with E-state index in [0.717, 1.165) is 0 Å². The zero-order valence-electron chi connectivity index (χ0n) is 28.9. The lowest BCUT2D eigenvalue weighted by Crippen LogP contribution is -2.50. The average Bonchev–Trinajstić information content (AvgIpc) is 3.00. The molecule has 1 saturated heterocycles. The Bertz CT molecular complexity index is 1570. The molecule has 13 heteroatoms. The van der Waals surface area contributed by atoms with Crippen molar-refractivity contribution in [2.75, 3.05) is 26.7 Å². The van der Waals surface area contributed by atoms with Gasteiger partial charge in [0.1, 0.15) is 12.0 Å². The molecule has 0 N–H and O–H groups in total. The number of carbonyl (C=O) groups excluding carboxylic acids is 2. The van der Waals surface area contributed by atoms with Gasteiger partial charge in [0.05, 0.1) is 29.2 Å². The van der Waals surface area contributed by atoms with Crippen molar-refractivity contribution >= 4 is 23.7 Å². The maximum Gasteiger partial charge on any atom is 0.416 e. The highest BCUT2D eigenvalue weighted by Gasteiger charge is 2.48. The first-order chi connectivity index (χ1) is 22.6. The summed E-state index contributed by atoms with van der Waals surface area (Å²) < 4.78 is 102. The number of hydrogen-bond donors (Lipinski definition) is 0. The second-order valence-corrected chi connectivity index (χ2v) is 14.4. The number of nitrogens with zero attached hydrogens (tertiary/aromatic N) is 3. The number of esters is 1. The number of aryl methyl sites for hydroxylation is 1. The number of hydrogen-bond acceptors (Lipinski definition) is 5. The standard InChI is InChI=1S/C36H44F7N3O3/c1-8-49-31(47)17-22-11-12-46(20-33(22,3)4)30-18-28(27-10-9-26(37)13-21(27)2)29(19-44-30)45(7)32(48)34(5,6)23-14-24(35(38,39)40)16-25(15-23)36(41,42)43/h9-10,13-14,16,19,22,25,30H,8,11-12,15,17-18,20H2,1-7H3. The summed E-state index contributed by atoms with van der Waals surface area (Å²) in [6.45, 7) is 11.8. The van der Waals surface area contributed by atoms with Crippen LogP contribution < -0.4 is 0 Å². The number of carbonyl (C=O) groups is 2. The third-order valence-electron chi connectivity index (χ3n) is 10.1. The number of aliphatic imine (C=N–C) groups is 1. The van der Waals surface area contributed by atoms with Crippen LogP contribution in [0.2, 0.25) is 0 Å². The number of benzene rings is 1. The molecule has 270 valence electrons. The van der Waals surface area contributed by atoms with Crippen molar-refractivity contribution in [3.05, 3.63) is 64.1 Å². The maximum absolute atomic E-state index is 14.2. The SMILES string of the molecule is CCOC(=O)CC1CCN(C2CC(c3ccc(F)cc3C)=C(N(C)C(=O)C(C)(C)C3=CC(C(F)(F)F)=CC(C(F)(F)F)C3)C=N2)CC1(C)C. The first-order valence-electron chi connectivity index (χ1n) is 16.3. The van der Waals surface area contributed by atoms with Crippen molar-refractivity contribution < 1.29 is 45.1 Å². The molecular weight excluding hydrogens is 655 g/mol. The Balaban J connectivity index is 1.67. The van der Waals surface area contributed by atoms with Crippen LogP contribution in [-0.2, 0) is 14.3 Å². The molecule has 1 aromatic carbocycles. The van der Waals surface area contributed by atoms with E-state index in [2.05, 4.69) is 18.7 Å². The summed E-state index contributed by atoms with van der Waals surface area (Å²) in [6.07, 6.45) is -7.52. The lowest BCUT2D eigenvalue weighted by Gasteiger charge is -2.47. The summed E-state index contributed by atoms with van der Waals surface area (Å²) in [4.78, 5) is 34.6. The molecule has 1 amide bonds. The van der Waals surface area contributed by atoms with Crippen LogP contribution in [0.3, 0.4) is 0 Å². The quantitative estimate of drug-likeness (QED) is 0.202. The van der Waals surface area contributed by atoms with E-state index in [1.807, 2.05) is 0 Å². The van der Waals surface area contributed by atoms with Crippen LogP contribution in [0.25, 0.3) is 5.57 Å². The number of piperidine rings is 1. The summed E-state index contributed by atoms with van der Waals surface area (Å²) in [7, 11) is 1.42. The minimum Gasteiger partial charge on any atom is -0.466 e. The summed E-state index contributed by atoms with van der Waals surface area (Å²) in [5.74, 6) is -3.74. The van der Waals surface area contributed by atoms with Gasteiger partial charge in [0.15, 0.2) is 0 Å². The van der Waals surface area contributed by atoms with Gasteiger partial charge >= 0.3 is 18.3 Å². The third kappa shape index (κ3) is 8.46. The Morgan fingerprint density at radius 1 is 1.10 bits per heavy atom. The highest BCUT2D eigenvalue weighted by atomic mass is 19.4. The zero-order valence-corrected chi connectivity index (χ0v) is 28.9. The Hall–Kier alpha value is -3.48. The van der Waals surface area contributed by atoms with E-state index in [-0.39, 0.29) is 35.1 Å². The second kappa shape index (κ2) is 14.0. The molecular formula is C36H44F7N3O3. The fourth-order valence-corrected chi connectivity index (χ4v) is 7.09. The number of dihydropyridines is 1. The predicted octanol–water partition coefficient (Wildman–Crippen LogP) is 8.43. The molecule has 0 spiro atoms. The topological polar surface area (TPSA) is 62.2 Å². The molecule has 2 heterocycles. The molecule has 3 unspecified atom stereocenters. The van der Waals surface area contributed by atoms with Crippen LogP contribution in [0.1, 0.15) is 71.4 Å². The normalized spacial score (nSPS) is 23.6. The van der Waals surface area contributed by atoms with Crippen LogP contribution in [0, 0.1) is 35.4 Å². The number of likely N-dealkylation sites (tertiary alicyclic amines) is 1. The third-order valence-corrected chi connectivity index (χ3v) is 10.1. The monoisotopic (exact) mass is 699 g/mol. The molecule has 3 atom stereocenters. The molecule has 1 aliphatic carbocycles. The van der Waals surface area contributed by atoms with Crippen molar-refractivity contribution in [2.45, 2.75) is 85.7 Å². The van der Waals surface area contributed by atoms with E-state index in [1.165, 1.54) is 44.1 Å². The lowest BCUT2D eigenvalue weighted by atomic mass is 9.72. The van der Waals surface area contributed by atoms with Gasteiger partial charge in [0.25, 0.3) is 0 Å². The van der Waals surface area contributed by atoms with Gasteiger partial charge < -0.3 is 9.64 Å². The maximum atomic E-state index is 14.2. The number of amides is 1. The fraction of sp³-hybridized carbons (Fsp3) is 0.583. The average molecular weight is 700 g/mol. The Kier molecular flexibility index (Phi) is 11.0. The van der Waals surface area contributed by atoms with Gasteiger partial charge in [-0.15, -0.1) is 0 Å².